The smallest absolute Gasteiger partial charge is 0.284 e. The second-order valence-electron chi connectivity index (χ2n) is 3.97. The maximum Gasteiger partial charge on any atom is 0.284 e. The van der Waals surface area contributed by atoms with Crippen molar-refractivity contribution in [1.29, 1.82) is 0 Å². The van der Waals surface area contributed by atoms with Gasteiger partial charge >= 0.3 is 0 Å². The highest BCUT2D eigenvalue weighted by Gasteiger charge is 2.20. The minimum absolute atomic E-state index is 0.0185. The van der Waals surface area contributed by atoms with Gasteiger partial charge in [0.2, 0.25) is 0 Å². The first kappa shape index (κ1) is 15.0. The summed E-state index contributed by atoms with van der Waals surface area (Å²) in [6, 6.07) is 6.57. The van der Waals surface area contributed by atoms with Gasteiger partial charge in [0.25, 0.3) is 11.6 Å². The quantitative estimate of drug-likeness (QED) is 0.669. The van der Waals surface area contributed by atoms with Crippen molar-refractivity contribution in [2.75, 3.05) is 5.32 Å². The summed E-state index contributed by atoms with van der Waals surface area (Å²) in [4.78, 5) is 22.2. The van der Waals surface area contributed by atoms with Gasteiger partial charge in [0.1, 0.15) is 16.1 Å². The zero-order chi connectivity index (χ0) is 15.6. The standard InChI is InChI=1S/C13H7BrF2N2O3/c14-12-8(2-1-3-11(12)18(20)21)13(19)17-10-5-4-7(15)6-9(10)16/h1-6H,(H,17,19). The minimum atomic E-state index is -0.940. The highest BCUT2D eigenvalue weighted by atomic mass is 79.9. The predicted molar refractivity (Wildman–Crippen MR) is 75.1 cm³/mol. The van der Waals surface area contributed by atoms with Crippen LogP contribution < -0.4 is 5.32 Å². The van der Waals surface area contributed by atoms with Gasteiger partial charge in [-0.15, -0.1) is 0 Å². The monoisotopic (exact) mass is 356 g/mol. The Hall–Kier alpha value is -2.35. The summed E-state index contributed by atoms with van der Waals surface area (Å²) < 4.78 is 26.2. The van der Waals surface area contributed by atoms with Crippen LogP contribution in [0.2, 0.25) is 0 Å². The lowest BCUT2D eigenvalue weighted by Gasteiger charge is -2.08. The SMILES string of the molecule is O=C(Nc1ccc(F)cc1F)c1cccc([N+](=O)[O-])c1Br. The summed E-state index contributed by atoms with van der Waals surface area (Å²) in [5, 5.41) is 13.0. The van der Waals surface area contributed by atoms with Crippen molar-refractivity contribution in [3.63, 3.8) is 0 Å². The molecule has 0 saturated heterocycles. The Labute approximate surface area is 125 Å². The topological polar surface area (TPSA) is 72.2 Å². The average Bonchev–Trinajstić information content (AvgIpc) is 2.41. The molecule has 0 fully saturated rings. The van der Waals surface area contributed by atoms with E-state index in [1.807, 2.05) is 0 Å². The summed E-state index contributed by atoms with van der Waals surface area (Å²) in [5.41, 5.74) is -0.546. The first-order valence-corrected chi connectivity index (χ1v) is 6.38. The molecule has 0 aliphatic rings. The van der Waals surface area contributed by atoms with Gasteiger partial charge in [0, 0.05) is 12.1 Å². The van der Waals surface area contributed by atoms with Gasteiger partial charge in [-0.3, -0.25) is 14.9 Å². The molecule has 21 heavy (non-hydrogen) atoms. The fourth-order valence-electron chi connectivity index (χ4n) is 1.62. The fourth-order valence-corrected chi connectivity index (χ4v) is 2.21. The van der Waals surface area contributed by atoms with Crippen molar-refractivity contribution >= 4 is 33.2 Å². The molecule has 0 atom stereocenters. The number of nitro groups is 1. The van der Waals surface area contributed by atoms with E-state index in [1.165, 1.54) is 18.2 Å². The van der Waals surface area contributed by atoms with Gasteiger partial charge < -0.3 is 5.32 Å². The number of benzene rings is 2. The van der Waals surface area contributed by atoms with Gasteiger partial charge in [0.05, 0.1) is 16.2 Å². The van der Waals surface area contributed by atoms with Crippen molar-refractivity contribution in [3.05, 3.63) is 68.2 Å². The van der Waals surface area contributed by atoms with Crippen LogP contribution in [0.5, 0.6) is 0 Å². The molecule has 2 rings (SSSR count). The van der Waals surface area contributed by atoms with E-state index >= 15 is 0 Å². The number of nitro benzene ring substituents is 1. The maximum atomic E-state index is 13.5. The van der Waals surface area contributed by atoms with Crippen LogP contribution in [-0.2, 0) is 0 Å². The number of nitrogens with one attached hydrogen (secondary N) is 1. The number of hydrogen-bond acceptors (Lipinski definition) is 3. The molecular formula is C13H7BrF2N2O3. The van der Waals surface area contributed by atoms with E-state index in [0.29, 0.717) is 6.07 Å². The van der Waals surface area contributed by atoms with Crippen molar-refractivity contribution in [2.45, 2.75) is 0 Å². The Kier molecular flexibility index (Phi) is 4.27. The minimum Gasteiger partial charge on any atom is -0.319 e. The second-order valence-corrected chi connectivity index (χ2v) is 4.77. The number of rotatable bonds is 3. The molecule has 1 N–H and O–H groups in total. The summed E-state index contributed by atoms with van der Waals surface area (Å²) >= 11 is 2.97. The van der Waals surface area contributed by atoms with E-state index in [1.54, 1.807) is 0 Å². The van der Waals surface area contributed by atoms with Gasteiger partial charge in [-0.2, -0.15) is 0 Å². The zero-order valence-electron chi connectivity index (χ0n) is 10.3. The van der Waals surface area contributed by atoms with Crippen LogP contribution in [0.15, 0.2) is 40.9 Å². The largest absolute Gasteiger partial charge is 0.319 e. The average molecular weight is 357 g/mol. The first-order valence-electron chi connectivity index (χ1n) is 5.59. The highest BCUT2D eigenvalue weighted by molar-refractivity contribution is 9.10. The highest BCUT2D eigenvalue weighted by Crippen LogP contribution is 2.29. The fraction of sp³-hybridized carbons (Fsp3) is 0. The molecule has 0 aliphatic carbocycles. The Bertz CT molecular complexity index is 737. The lowest BCUT2D eigenvalue weighted by molar-refractivity contribution is -0.385. The lowest BCUT2D eigenvalue weighted by Crippen LogP contribution is -2.14. The Morgan fingerprint density at radius 3 is 2.57 bits per heavy atom. The molecule has 108 valence electrons. The Balaban J connectivity index is 2.33. The number of anilines is 1. The molecule has 5 nitrogen and oxygen atoms in total. The number of halogens is 3. The van der Waals surface area contributed by atoms with Gasteiger partial charge in [0.15, 0.2) is 0 Å². The molecular weight excluding hydrogens is 350 g/mol. The van der Waals surface area contributed by atoms with Crippen LogP contribution in [-0.4, -0.2) is 10.8 Å². The number of carbonyl (C=O) groups excluding carboxylic acids is 1. The number of amides is 1. The zero-order valence-corrected chi connectivity index (χ0v) is 11.9. The van der Waals surface area contributed by atoms with E-state index in [0.717, 1.165) is 12.1 Å². The van der Waals surface area contributed by atoms with Crippen LogP contribution in [0.4, 0.5) is 20.2 Å². The second kappa shape index (κ2) is 5.96. The maximum absolute atomic E-state index is 13.5. The Morgan fingerprint density at radius 1 is 1.24 bits per heavy atom. The molecule has 2 aromatic carbocycles. The number of carbonyl (C=O) groups is 1. The van der Waals surface area contributed by atoms with Crippen LogP contribution in [0.1, 0.15) is 10.4 Å². The third-order valence-corrected chi connectivity index (χ3v) is 3.43. The molecule has 0 unspecified atom stereocenters. The van der Waals surface area contributed by atoms with E-state index < -0.39 is 22.5 Å². The van der Waals surface area contributed by atoms with Crippen molar-refractivity contribution < 1.29 is 18.5 Å². The van der Waals surface area contributed by atoms with Crippen molar-refractivity contribution in [1.82, 2.24) is 0 Å². The van der Waals surface area contributed by atoms with Crippen molar-refractivity contribution in [3.8, 4) is 0 Å². The summed E-state index contributed by atoms with van der Waals surface area (Å²) in [6.07, 6.45) is 0. The van der Waals surface area contributed by atoms with Crippen LogP contribution in [0.25, 0.3) is 0 Å². The van der Waals surface area contributed by atoms with E-state index in [9.17, 15) is 23.7 Å². The molecule has 0 heterocycles. The summed E-state index contributed by atoms with van der Waals surface area (Å²) in [5.74, 6) is -2.47. The molecule has 0 spiro atoms. The van der Waals surface area contributed by atoms with Crippen LogP contribution in [0.3, 0.4) is 0 Å². The molecule has 2 aromatic rings. The molecule has 0 aliphatic heterocycles. The van der Waals surface area contributed by atoms with Gasteiger partial charge in [-0.05, 0) is 34.1 Å². The Morgan fingerprint density at radius 2 is 1.95 bits per heavy atom. The normalized spacial score (nSPS) is 10.2. The van der Waals surface area contributed by atoms with Crippen LogP contribution >= 0.6 is 15.9 Å². The summed E-state index contributed by atoms with van der Waals surface area (Å²) in [7, 11) is 0. The summed E-state index contributed by atoms with van der Waals surface area (Å²) in [6.45, 7) is 0. The third-order valence-electron chi connectivity index (χ3n) is 2.60. The van der Waals surface area contributed by atoms with E-state index in [4.69, 9.17) is 0 Å². The third kappa shape index (κ3) is 3.22. The molecule has 0 bridgehead atoms. The van der Waals surface area contributed by atoms with Gasteiger partial charge in [-0.25, -0.2) is 8.78 Å². The lowest BCUT2D eigenvalue weighted by atomic mass is 10.2. The van der Waals surface area contributed by atoms with E-state index in [-0.39, 0.29) is 21.4 Å². The molecule has 0 aromatic heterocycles. The van der Waals surface area contributed by atoms with Crippen LogP contribution in [0, 0.1) is 21.7 Å². The number of nitrogens with zero attached hydrogens (tertiary/aromatic N) is 1. The van der Waals surface area contributed by atoms with Gasteiger partial charge in [-0.1, -0.05) is 6.07 Å². The molecule has 0 saturated carbocycles. The first-order chi connectivity index (χ1) is 9.90. The number of hydrogen-bond donors (Lipinski definition) is 1. The van der Waals surface area contributed by atoms with Crippen molar-refractivity contribution in [2.24, 2.45) is 0 Å². The molecule has 8 heteroatoms. The molecule has 1 amide bonds. The predicted octanol–water partition coefficient (Wildman–Crippen LogP) is 3.89. The van der Waals surface area contributed by atoms with E-state index in [2.05, 4.69) is 21.2 Å². The molecule has 0 radical (unpaired) electrons.